The van der Waals surface area contributed by atoms with Crippen molar-refractivity contribution in [3.63, 3.8) is 0 Å². The van der Waals surface area contributed by atoms with Gasteiger partial charge in [0, 0.05) is 28.3 Å². The number of ether oxygens (including phenoxy) is 1. The summed E-state index contributed by atoms with van der Waals surface area (Å²) in [6.07, 6.45) is 1.90. The number of pyridine rings is 1. The Morgan fingerprint density at radius 1 is 0.955 bits per heavy atom. The van der Waals surface area contributed by atoms with E-state index in [4.69, 9.17) is 9.57 Å². The van der Waals surface area contributed by atoms with Gasteiger partial charge in [-0.2, -0.15) is 0 Å². The Bertz CT molecular complexity index is 916. The molecular weight excluding hydrogens is 276 g/mol. The molecule has 0 saturated carbocycles. The summed E-state index contributed by atoms with van der Waals surface area (Å²) in [5, 5.41) is 5.34. The highest BCUT2D eigenvalue weighted by atomic mass is 16.6. The van der Waals surface area contributed by atoms with Crippen LogP contribution in [0.3, 0.4) is 0 Å². The zero-order valence-electron chi connectivity index (χ0n) is 12.3. The third-order valence-corrected chi connectivity index (χ3v) is 3.97. The van der Waals surface area contributed by atoms with Crippen molar-refractivity contribution in [1.82, 2.24) is 4.98 Å². The lowest BCUT2D eigenvalue weighted by Crippen LogP contribution is -2.01. The van der Waals surface area contributed by atoms with Crippen molar-refractivity contribution in [3.05, 3.63) is 59.8 Å². The van der Waals surface area contributed by atoms with E-state index < -0.39 is 0 Å². The minimum atomic E-state index is 0.799. The van der Waals surface area contributed by atoms with E-state index in [-0.39, 0.29) is 0 Å². The van der Waals surface area contributed by atoms with Gasteiger partial charge in [0.1, 0.15) is 18.6 Å². The van der Waals surface area contributed by atoms with Gasteiger partial charge in [-0.05, 0) is 29.8 Å². The molecule has 4 heteroatoms. The average Bonchev–Trinajstić information content (AvgIpc) is 2.89. The minimum Gasteiger partial charge on any atom is -0.497 e. The summed E-state index contributed by atoms with van der Waals surface area (Å²) in [5.41, 5.74) is 6.02. The van der Waals surface area contributed by atoms with E-state index in [9.17, 15) is 0 Å². The van der Waals surface area contributed by atoms with Crippen LogP contribution in [0.4, 0.5) is 0 Å². The molecule has 1 aliphatic rings. The molecule has 0 spiro atoms. The molecule has 1 aliphatic carbocycles. The number of hydrogen-bond acceptors (Lipinski definition) is 4. The fourth-order valence-electron chi connectivity index (χ4n) is 3.00. The lowest BCUT2D eigenvalue weighted by Gasteiger charge is -2.05. The summed E-state index contributed by atoms with van der Waals surface area (Å²) in [5.74, 6) is 0.799. The molecule has 22 heavy (non-hydrogen) atoms. The summed E-state index contributed by atoms with van der Waals surface area (Å²) in [6.45, 7) is 0. The fourth-order valence-corrected chi connectivity index (χ4v) is 3.00. The summed E-state index contributed by atoms with van der Waals surface area (Å²) in [7, 11) is 3.22. The van der Waals surface area contributed by atoms with E-state index in [1.165, 1.54) is 0 Å². The second-order valence-electron chi connectivity index (χ2n) is 5.10. The standard InChI is InChI=1S/C18H14N2O2/c1-21-11-7-8-12-14(9-11)18(20-22-2)17-13-5-3-4-6-16(13)19-10-15(12)17/h3-10H,1-2H3/b20-18-. The molecule has 0 unspecified atom stereocenters. The molecule has 0 atom stereocenters. The molecule has 4 rings (SSSR count). The molecule has 108 valence electrons. The van der Waals surface area contributed by atoms with Gasteiger partial charge in [-0.15, -0.1) is 0 Å². The SMILES string of the molecule is CO/N=C1/c2cc(OC)ccc2-c2cnc3ccccc3c21. The highest BCUT2D eigenvalue weighted by Crippen LogP contribution is 2.41. The highest BCUT2D eigenvalue weighted by molar-refractivity contribution is 6.29. The first-order valence-corrected chi connectivity index (χ1v) is 7.01. The third-order valence-electron chi connectivity index (χ3n) is 3.97. The molecule has 0 bridgehead atoms. The van der Waals surface area contributed by atoms with Crippen molar-refractivity contribution in [2.45, 2.75) is 0 Å². The number of para-hydroxylation sites is 1. The zero-order valence-corrected chi connectivity index (χ0v) is 12.3. The molecule has 0 amide bonds. The van der Waals surface area contributed by atoms with Crippen LogP contribution in [-0.2, 0) is 4.84 Å². The number of rotatable bonds is 2. The Morgan fingerprint density at radius 3 is 2.64 bits per heavy atom. The molecule has 4 nitrogen and oxygen atoms in total. The van der Waals surface area contributed by atoms with Crippen molar-refractivity contribution in [2.75, 3.05) is 14.2 Å². The average molecular weight is 290 g/mol. The van der Waals surface area contributed by atoms with Crippen molar-refractivity contribution in [1.29, 1.82) is 0 Å². The van der Waals surface area contributed by atoms with Crippen LogP contribution in [0.25, 0.3) is 22.0 Å². The number of nitrogens with zero attached hydrogens (tertiary/aromatic N) is 2. The first-order valence-electron chi connectivity index (χ1n) is 7.01. The molecule has 0 radical (unpaired) electrons. The van der Waals surface area contributed by atoms with Crippen LogP contribution in [-0.4, -0.2) is 24.9 Å². The van der Waals surface area contributed by atoms with E-state index in [1.807, 2.05) is 42.6 Å². The summed E-state index contributed by atoms with van der Waals surface area (Å²) in [6, 6.07) is 14.1. The third kappa shape index (κ3) is 1.70. The monoisotopic (exact) mass is 290 g/mol. The van der Waals surface area contributed by atoms with Crippen molar-refractivity contribution in [3.8, 4) is 16.9 Å². The van der Waals surface area contributed by atoms with Gasteiger partial charge in [0.2, 0.25) is 0 Å². The highest BCUT2D eigenvalue weighted by Gasteiger charge is 2.28. The van der Waals surface area contributed by atoms with Gasteiger partial charge in [0.15, 0.2) is 0 Å². The van der Waals surface area contributed by atoms with Crippen LogP contribution in [0.1, 0.15) is 11.1 Å². The lowest BCUT2D eigenvalue weighted by atomic mass is 10.0. The molecule has 1 aromatic heterocycles. The van der Waals surface area contributed by atoms with Gasteiger partial charge in [-0.1, -0.05) is 23.4 Å². The van der Waals surface area contributed by atoms with Crippen molar-refractivity contribution < 1.29 is 9.57 Å². The van der Waals surface area contributed by atoms with Gasteiger partial charge in [0.05, 0.1) is 12.6 Å². The smallest absolute Gasteiger partial charge is 0.119 e. The van der Waals surface area contributed by atoms with Crippen LogP contribution >= 0.6 is 0 Å². The Labute approximate surface area is 128 Å². The Hall–Kier alpha value is -2.88. The summed E-state index contributed by atoms with van der Waals surface area (Å²) in [4.78, 5) is 9.65. The number of oxime groups is 1. The molecule has 3 aromatic rings. The maximum absolute atomic E-state index is 5.34. The maximum atomic E-state index is 5.34. The number of methoxy groups -OCH3 is 1. The summed E-state index contributed by atoms with van der Waals surface area (Å²) < 4.78 is 5.34. The van der Waals surface area contributed by atoms with Crippen molar-refractivity contribution in [2.24, 2.45) is 5.16 Å². The number of hydrogen-bond donors (Lipinski definition) is 0. The quantitative estimate of drug-likeness (QED) is 0.530. The predicted molar refractivity (Wildman–Crippen MR) is 86.4 cm³/mol. The normalized spacial score (nSPS) is 14.0. The van der Waals surface area contributed by atoms with Crippen LogP contribution < -0.4 is 4.74 Å². The zero-order chi connectivity index (χ0) is 15.1. The van der Waals surface area contributed by atoms with E-state index in [1.54, 1.807) is 14.2 Å². The van der Waals surface area contributed by atoms with Gasteiger partial charge in [0.25, 0.3) is 0 Å². The summed E-state index contributed by atoms with van der Waals surface area (Å²) >= 11 is 0. The lowest BCUT2D eigenvalue weighted by molar-refractivity contribution is 0.214. The molecule has 1 heterocycles. The molecular formula is C18H14N2O2. The van der Waals surface area contributed by atoms with Crippen LogP contribution in [0.5, 0.6) is 5.75 Å². The van der Waals surface area contributed by atoms with Gasteiger partial charge < -0.3 is 9.57 Å². The first-order chi connectivity index (χ1) is 10.8. The second kappa shape index (κ2) is 4.84. The van der Waals surface area contributed by atoms with E-state index >= 15 is 0 Å². The topological polar surface area (TPSA) is 43.7 Å². The second-order valence-corrected chi connectivity index (χ2v) is 5.10. The minimum absolute atomic E-state index is 0.799. The molecule has 0 N–H and O–H groups in total. The van der Waals surface area contributed by atoms with E-state index in [0.29, 0.717) is 0 Å². The van der Waals surface area contributed by atoms with Crippen LogP contribution in [0, 0.1) is 0 Å². The Kier molecular flexibility index (Phi) is 2.82. The van der Waals surface area contributed by atoms with Gasteiger partial charge in [-0.25, -0.2) is 0 Å². The molecule has 0 fully saturated rings. The van der Waals surface area contributed by atoms with Crippen LogP contribution in [0.15, 0.2) is 53.8 Å². The maximum Gasteiger partial charge on any atom is 0.119 e. The number of fused-ring (bicyclic) bond motifs is 5. The van der Waals surface area contributed by atoms with Crippen molar-refractivity contribution >= 4 is 16.6 Å². The predicted octanol–water partition coefficient (Wildman–Crippen LogP) is 3.62. The van der Waals surface area contributed by atoms with E-state index in [2.05, 4.69) is 16.2 Å². The fraction of sp³-hybridized carbons (Fsp3) is 0.111. The number of aromatic nitrogens is 1. The molecule has 0 saturated heterocycles. The Morgan fingerprint density at radius 2 is 1.82 bits per heavy atom. The first kappa shape index (κ1) is 12.8. The van der Waals surface area contributed by atoms with E-state index in [0.717, 1.165) is 44.6 Å². The van der Waals surface area contributed by atoms with Gasteiger partial charge >= 0.3 is 0 Å². The Balaban J connectivity index is 2.09. The molecule has 0 aliphatic heterocycles. The number of benzene rings is 2. The largest absolute Gasteiger partial charge is 0.497 e. The molecule has 2 aromatic carbocycles. The van der Waals surface area contributed by atoms with Crippen LogP contribution in [0.2, 0.25) is 0 Å². The van der Waals surface area contributed by atoms with Gasteiger partial charge in [-0.3, -0.25) is 4.98 Å².